The minimum Gasteiger partial charge on any atom is -0.493 e. The van der Waals surface area contributed by atoms with Crippen LogP contribution in [0.3, 0.4) is 0 Å². The molecular formula is C24H36IN3O3S. The monoisotopic (exact) mass is 573 g/mol. The van der Waals surface area contributed by atoms with Crippen molar-refractivity contribution >= 4 is 39.8 Å². The van der Waals surface area contributed by atoms with Gasteiger partial charge in [0.2, 0.25) is 0 Å². The molecule has 2 rings (SSSR count). The lowest BCUT2D eigenvalue weighted by atomic mass is 10.1. The van der Waals surface area contributed by atoms with Crippen LogP contribution in [0.5, 0.6) is 5.75 Å². The number of nitrogens with one attached hydrogen (secondary N) is 2. The van der Waals surface area contributed by atoms with Crippen molar-refractivity contribution in [3.8, 4) is 5.75 Å². The summed E-state index contributed by atoms with van der Waals surface area (Å²) in [6, 6.07) is 13.6. The third-order valence-electron chi connectivity index (χ3n) is 4.62. The highest BCUT2D eigenvalue weighted by molar-refractivity contribution is 14.0. The van der Waals surface area contributed by atoms with E-state index in [9.17, 15) is 8.42 Å². The first-order valence-corrected chi connectivity index (χ1v) is 12.6. The molecule has 32 heavy (non-hydrogen) atoms. The molecule has 0 unspecified atom stereocenters. The minimum absolute atomic E-state index is 0. The summed E-state index contributed by atoms with van der Waals surface area (Å²) >= 11 is 0. The molecule has 6 nitrogen and oxygen atoms in total. The number of hydrogen-bond acceptors (Lipinski definition) is 4. The van der Waals surface area contributed by atoms with E-state index in [4.69, 9.17) is 4.74 Å². The zero-order chi connectivity index (χ0) is 22.9. The Morgan fingerprint density at radius 3 is 2.28 bits per heavy atom. The van der Waals surface area contributed by atoms with Gasteiger partial charge in [-0.3, -0.25) is 0 Å². The summed E-state index contributed by atoms with van der Waals surface area (Å²) < 4.78 is 29.3. The number of aryl methyl sites for hydroxylation is 1. The highest BCUT2D eigenvalue weighted by atomic mass is 127. The molecule has 0 aliphatic rings. The molecule has 0 aliphatic heterocycles. The van der Waals surface area contributed by atoms with Gasteiger partial charge >= 0.3 is 0 Å². The van der Waals surface area contributed by atoms with Crippen molar-refractivity contribution < 1.29 is 13.2 Å². The van der Waals surface area contributed by atoms with Crippen LogP contribution in [0.15, 0.2) is 52.4 Å². The Morgan fingerprint density at radius 2 is 1.72 bits per heavy atom. The van der Waals surface area contributed by atoms with Crippen molar-refractivity contribution in [3.63, 3.8) is 0 Å². The predicted molar refractivity (Wildman–Crippen MR) is 143 cm³/mol. The van der Waals surface area contributed by atoms with Crippen LogP contribution in [0.2, 0.25) is 0 Å². The van der Waals surface area contributed by atoms with Crippen molar-refractivity contribution in [2.75, 3.05) is 26.0 Å². The molecule has 8 heteroatoms. The Morgan fingerprint density at radius 1 is 1.06 bits per heavy atom. The van der Waals surface area contributed by atoms with E-state index >= 15 is 0 Å². The summed E-state index contributed by atoms with van der Waals surface area (Å²) in [5.41, 5.74) is 2.94. The van der Waals surface area contributed by atoms with Gasteiger partial charge in [0, 0.05) is 19.3 Å². The average Bonchev–Trinajstić information content (AvgIpc) is 2.70. The van der Waals surface area contributed by atoms with Gasteiger partial charge in [-0.05, 0) is 61.1 Å². The zero-order valence-electron chi connectivity index (χ0n) is 19.6. The maximum absolute atomic E-state index is 11.8. The lowest BCUT2D eigenvalue weighted by Gasteiger charge is -2.12. The van der Waals surface area contributed by atoms with Crippen LogP contribution in [-0.4, -0.2) is 40.3 Å². The quantitative estimate of drug-likeness (QED) is 0.251. The van der Waals surface area contributed by atoms with E-state index in [1.54, 1.807) is 6.07 Å². The number of rotatable bonds is 10. The molecule has 2 aromatic carbocycles. The Labute approximate surface area is 210 Å². The standard InChI is InChI=1S/C24H35N3O3S.HI/c1-6-25-24(27-16-21-9-12-23(19(4)15-21)31(5,28)29)26-14-13-20-7-10-22(11-8-20)30-17-18(2)3;/h7-12,15,18H,6,13-14,16-17H2,1-5H3,(H2,25,26,27);1H. The van der Waals surface area contributed by atoms with Crippen molar-refractivity contribution in [2.24, 2.45) is 10.9 Å². The number of sulfone groups is 1. The summed E-state index contributed by atoms with van der Waals surface area (Å²) in [7, 11) is -3.21. The van der Waals surface area contributed by atoms with Crippen molar-refractivity contribution in [1.29, 1.82) is 0 Å². The van der Waals surface area contributed by atoms with E-state index in [1.165, 1.54) is 11.8 Å². The van der Waals surface area contributed by atoms with Crippen LogP contribution in [-0.2, 0) is 22.8 Å². The molecule has 0 spiro atoms. The fraction of sp³-hybridized carbons (Fsp3) is 0.458. The molecule has 0 aliphatic carbocycles. The van der Waals surface area contributed by atoms with Crippen LogP contribution in [0.4, 0.5) is 0 Å². The summed E-state index contributed by atoms with van der Waals surface area (Å²) in [5, 5.41) is 6.60. The first-order valence-electron chi connectivity index (χ1n) is 10.7. The molecule has 0 heterocycles. The lowest BCUT2D eigenvalue weighted by molar-refractivity contribution is 0.271. The average molecular weight is 574 g/mol. The third kappa shape index (κ3) is 9.77. The molecule has 0 bridgehead atoms. The van der Waals surface area contributed by atoms with Gasteiger partial charge in [0.05, 0.1) is 18.0 Å². The Kier molecular flexibility index (Phi) is 12.1. The van der Waals surface area contributed by atoms with E-state index < -0.39 is 9.84 Å². The highest BCUT2D eigenvalue weighted by Gasteiger charge is 2.10. The van der Waals surface area contributed by atoms with Gasteiger partial charge in [0.15, 0.2) is 15.8 Å². The smallest absolute Gasteiger partial charge is 0.191 e. The maximum atomic E-state index is 11.8. The SMILES string of the molecule is CCNC(=NCc1ccc(S(C)(=O)=O)c(C)c1)NCCc1ccc(OCC(C)C)cc1.I. The summed E-state index contributed by atoms with van der Waals surface area (Å²) in [5.74, 6) is 2.15. The lowest BCUT2D eigenvalue weighted by Crippen LogP contribution is -2.38. The second-order valence-electron chi connectivity index (χ2n) is 8.09. The Balaban J connectivity index is 0.00000512. The topological polar surface area (TPSA) is 79.8 Å². The number of nitrogens with zero attached hydrogens (tertiary/aromatic N) is 1. The number of guanidine groups is 1. The third-order valence-corrected chi connectivity index (χ3v) is 5.87. The zero-order valence-corrected chi connectivity index (χ0v) is 22.8. The Hall–Kier alpha value is -1.81. The molecule has 2 aromatic rings. The second-order valence-corrected chi connectivity index (χ2v) is 10.1. The van der Waals surface area contributed by atoms with Gasteiger partial charge in [0.1, 0.15) is 5.75 Å². The van der Waals surface area contributed by atoms with Crippen LogP contribution in [0.1, 0.15) is 37.5 Å². The summed E-state index contributed by atoms with van der Waals surface area (Å²) in [6.45, 7) is 10.8. The first-order chi connectivity index (χ1) is 14.7. The Bertz CT molecular complexity index is 974. The van der Waals surface area contributed by atoms with Gasteiger partial charge in [-0.15, -0.1) is 24.0 Å². The fourth-order valence-corrected chi connectivity index (χ4v) is 4.04. The molecule has 0 fully saturated rings. The molecule has 0 radical (unpaired) electrons. The van der Waals surface area contributed by atoms with Gasteiger partial charge in [-0.25, -0.2) is 13.4 Å². The molecule has 0 atom stereocenters. The molecule has 0 aromatic heterocycles. The summed E-state index contributed by atoms with van der Waals surface area (Å²) in [6.07, 6.45) is 2.10. The maximum Gasteiger partial charge on any atom is 0.191 e. The van der Waals surface area contributed by atoms with Crippen molar-refractivity contribution in [2.45, 2.75) is 45.6 Å². The van der Waals surface area contributed by atoms with Crippen LogP contribution in [0, 0.1) is 12.8 Å². The van der Waals surface area contributed by atoms with Crippen LogP contribution < -0.4 is 15.4 Å². The van der Waals surface area contributed by atoms with E-state index in [-0.39, 0.29) is 24.0 Å². The summed E-state index contributed by atoms with van der Waals surface area (Å²) in [4.78, 5) is 4.99. The first kappa shape index (κ1) is 28.2. The van der Waals surface area contributed by atoms with Crippen LogP contribution >= 0.6 is 24.0 Å². The van der Waals surface area contributed by atoms with Gasteiger partial charge in [-0.1, -0.05) is 38.1 Å². The molecule has 2 N–H and O–H groups in total. The van der Waals surface area contributed by atoms with Gasteiger partial charge in [0.25, 0.3) is 0 Å². The largest absolute Gasteiger partial charge is 0.493 e. The van der Waals surface area contributed by atoms with Gasteiger partial charge in [-0.2, -0.15) is 0 Å². The fourth-order valence-electron chi connectivity index (χ4n) is 3.08. The number of hydrogen-bond donors (Lipinski definition) is 2. The number of ether oxygens (including phenoxy) is 1. The van der Waals surface area contributed by atoms with E-state index in [0.717, 1.165) is 49.0 Å². The normalized spacial score (nSPS) is 11.8. The highest BCUT2D eigenvalue weighted by Crippen LogP contribution is 2.17. The van der Waals surface area contributed by atoms with Gasteiger partial charge < -0.3 is 15.4 Å². The number of aliphatic imine (C=N–C) groups is 1. The number of halogens is 1. The molecule has 0 saturated heterocycles. The van der Waals surface area contributed by atoms with Crippen molar-refractivity contribution in [1.82, 2.24) is 10.6 Å². The molecule has 178 valence electrons. The molecular weight excluding hydrogens is 537 g/mol. The molecule has 0 saturated carbocycles. The van der Waals surface area contributed by atoms with E-state index in [2.05, 4.69) is 41.6 Å². The number of benzene rings is 2. The second kappa shape index (κ2) is 13.7. The molecule has 0 amide bonds. The van der Waals surface area contributed by atoms with Crippen LogP contribution in [0.25, 0.3) is 0 Å². The van der Waals surface area contributed by atoms with E-state index in [1.807, 2.05) is 38.1 Å². The van der Waals surface area contributed by atoms with Crippen molar-refractivity contribution in [3.05, 3.63) is 59.2 Å². The predicted octanol–water partition coefficient (Wildman–Crippen LogP) is 4.35. The van der Waals surface area contributed by atoms with E-state index in [0.29, 0.717) is 17.4 Å². The minimum atomic E-state index is -3.21.